The minimum Gasteiger partial charge on any atom is -0.504 e. The third-order valence-electron chi connectivity index (χ3n) is 5.72. The number of nitrogens with one attached hydrogen (secondary N) is 3. The Bertz CT molecular complexity index is 1740. The van der Waals surface area contributed by atoms with Gasteiger partial charge in [-0.3, -0.25) is 0 Å². The van der Waals surface area contributed by atoms with Crippen LogP contribution in [-0.2, 0) is 22.4 Å². The Morgan fingerprint density at radius 1 is 0.818 bits per heavy atom. The van der Waals surface area contributed by atoms with Crippen molar-refractivity contribution < 1.29 is 54.5 Å². The minimum absolute atomic E-state index is 0.0824. The van der Waals surface area contributed by atoms with Crippen LogP contribution in [0.3, 0.4) is 0 Å². The first-order valence-corrected chi connectivity index (χ1v) is 14.6. The number of thiophene rings is 1. The predicted octanol–water partition coefficient (Wildman–Crippen LogP) is 6.76. The molecule has 0 saturated heterocycles. The number of hydrogen-bond donors (Lipinski definition) is 5. The van der Waals surface area contributed by atoms with E-state index in [0.29, 0.717) is 28.3 Å². The molecule has 4 rings (SSSR count). The number of hydrogen-bond acceptors (Lipinski definition) is 7. The zero-order chi connectivity index (χ0) is 32.3. The summed E-state index contributed by atoms with van der Waals surface area (Å²) in [6, 6.07) is 12.8. The molecule has 234 valence electrons. The Kier molecular flexibility index (Phi) is 9.31. The van der Waals surface area contributed by atoms with Crippen molar-refractivity contribution in [2.45, 2.75) is 16.6 Å². The van der Waals surface area contributed by atoms with E-state index in [1.165, 1.54) is 30.3 Å². The second-order valence-electron chi connectivity index (χ2n) is 8.94. The van der Waals surface area contributed by atoms with Gasteiger partial charge in [-0.15, -0.1) is 11.3 Å². The molecule has 44 heavy (non-hydrogen) atoms. The van der Waals surface area contributed by atoms with E-state index in [-0.39, 0.29) is 34.9 Å². The van der Waals surface area contributed by atoms with Gasteiger partial charge in [0.25, 0.3) is 0 Å². The number of benzene rings is 3. The lowest BCUT2D eigenvalue weighted by Gasteiger charge is -2.15. The van der Waals surface area contributed by atoms with Crippen molar-refractivity contribution in [2.24, 2.45) is 0 Å². The molecule has 0 atom stereocenters. The van der Waals surface area contributed by atoms with Gasteiger partial charge in [0.05, 0.1) is 11.1 Å². The second-order valence-corrected chi connectivity index (χ2v) is 12.0. The zero-order valence-corrected chi connectivity index (χ0v) is 23.6. The summed E-state index contributed by atoms with van der Waals surface area (Å²) in [5.74, 6) is -0.190. The van der Waals surface area contributed by atoms with Gasteiger partial charge in [-0.25, -0.2) is 17.9 Å². The molecule has 0 unspecified atom stereocenters. The van der Waals surface area contributed by atoms with Crippen LogP contribution in [0.2, 0.25) is 0 Å². The van der Waals surface area contributed by atoms with Crippen LogP contribution < -0.4 is 20.1 Å². The third kappa shape index (κ3) is 8.12. The van der Waals surface area contributed by atoms with E-state index in [9.17, 15) is 49.8 Å². The number of rotatable bonds is 9. The van der Waals surface area contributed by atoms with Crippen molar-refractivity contribution >= 4 is 33.1 Å². The number of carbonyl (C=O) groups is 1. The number of alkyl halides is 6. The summed E-state index contributed by atoms with van der Waals surface area (Å²) in [4.78, 5) is 12.6. The first-order chi connectivity index (χ1) is 20.5. The number of ether oxygens (including phenoxy) is 1. The topological polar surface area (TPSA) is 137 Å². The molecule has 0 fully saturated rings. The lowest BCUT2D eigenvalue weighted by Crippen LogP contribution is -2.36. The highest BCUT2D eigenvalue weighted by atomic mass is 32.2. The van der Waals surface area contributed by atoms with Crippen molar-refractivity contribution in [3.05, 3.63) is 83.9 Å². The average molecular weight is 662 g/mol. The highest BCUT2D eigenvalue weighted by Crippen LogP contribution is 2.40. The number of amides is 2. The van der Waals surface area contributed by atoms with Crippen molar-refractivity contribution in [3.63, 3.8) is 0 Å². The van der Waals surface area contributed by atoms with Crippen LogP contribution in [0, 0.1) is 0 Å². The molecule has 9 nitrogen and oxygen atoms in total. The predicted molar refractivity (Wildman–Crippen MR) is 148 cm³/mol. The summed E-state index contributed by atoms with van der Waals surface area (Å²) >= 11 is 0.893. The second kappa shape index (κ2) is 12.6. The lowest BCUT2D eigenvalue weighted by molar-refractivity contribution is -0.143. The number of anilines is 1. The van der Waals surface area contributed by atoms with Crippen LogP contribution in [0.1, 0.15) is 11.1 Å². The molecule has 0 aliphatic heterocycles. The van der Waals surface area contributed by atoms with Crippen LogP contribution in [0.4, 0.5) is 36.8 Å². The monoisotopic (exact) mass is 661 g/mol. The molecule has 1 aromatic heterocycles. The van der Waals surface area contributed by atoms with E-state index >= 15 is 0 Å². The summed E-state index contributed by atoms with van der Waals surface area (Å²) in [5.41, 5.74) is -3.46. The maximum absolute atomic E-state index is 13.0. The molecule has 4 aromatic rings. The van der Waals surface area contributed by atoms with Crippen molar-refractivity contribution in [1.82, 2.24) is 10.0 Å². The summed E-state index contributed by atoms with van der Waals surface area (Å²) < 4.78 is 112. The molecular weight excluding hydrogens is 640 g/mol. The van der Waals surface area contributed by atoms with Gasteiger partial charge >= 0.3 is 18.4 Å². The van der Waals surface area contributed by atoms with E-state index in [4.69, 9.17) is 4.74 Å². The summed E-state index contributed by atoms with van der Waals surface area (Å²) in [7, 11) is -4.09. The highest BCUT2D eigenvalue weighted by molar-refractivity contribution is 7.91. The van der Waals surface area contributed by atoms with Crippen LogP contribution in [-0.4, -0.2) is 37.8 Å². The molecule has 17 heteroatoms. The summed E-state index contributed by atoms with van der Waals surface area (Å²) in [6.07, 6.45) is -10.2. The highest BCUT2D eigenvalue weighted by Gasteiger charge is 2.37. The van der Waals surface area contributed by atoms with Crippen molar-refractivity contribution in [3.8, 4) is 33.4 Å². The quantitative estimate of drug-likeness (QED) is 0.0765. The van der Waals surface area contributed by atoms with Gasteiger partial charge in [0.15, 0.2) is 11.5 Å². The molecule has 0 saturated carbocycles. The first kappa shape index (κ1) is 32.4. The number of phenols is 2. The summed E-state index contributed by atoms with van der Waals surface area (Å²) in [6.45, 7) is -0.714. The van der Waals surface area contributed by atoms with Gasteiger partial charge < -0.3 is 25.6 Å². The largest absolute Gasteiger partial charge is 0.504 e. The number of aromatic hydroxyl groups is 2. The molecule has 3 aromatic carbocycles. The van der Waals surface area contributed by atoms with Crippen molar-refractivity contribution in [2.75, 3.05) is 18.4 Å². The fourth-order valence-corrected chi connectivity index (χ4v) is 6.11. The molecule has 0 bridgehead atoms. The number of carbonyl (C=O) groups excluding carboxylic acids is 1. The lowest BCUT2D eigenvalue weighted by atomic mass is 10.1. The Hall–Kier alpha value is -4.48. The van der Waals surface area contributed by atoms with Gasteiger partial charge in [0.2, 0.25) is 10.0 Å². The maximum Gasteiger partial charge on any atom is 0.416 e. The van der Waals surface area contributed by atoms with E-state index in [1.54, 1.807) is 24.3 Å². The van der Waals surface area contributed by atoms with E-state index in [2.05, 4.69) is 10.0 Å². The molecule has 0 aliphatic carbocycles. The SMILES string of the molecule is O=C(NCCNS(=O)(=O)c1ccc(-c2ccccc2Oc2ccc(O)c(O)c2)s1)Nc1cc(C(F)(F)F)cc(C(F)(F)F)c1. The number of sulfonamides is 1. The fraction of sp³-hybridized carbons (Fsp3) is 0.148. The van der Waals surface area contributed by atoms with Gasteiger partial charge in [0, 0.05) is 35.3 Å². The maximum atomic E-state index is 13.0. The minimum atomic E-state index is -5.10. The standard InChI is InChI=1S/C27H21F6N3O6S2/c28-26(29,30)15-11-16(27(31,32)33)13-17(12-15)36-25(39)34-9-10-35-44(40,41)24-8-7-23(43-24)19-3-1-2-4-22(19)42-18-5-6-20(37)21(38)14-18/h1-8,11-14,35,37-38H,9-10H2,(H2,34,36,39). The van der Waals surface area contributed by atoms with Gasteiger partial charge in [-0.1, -0.05) is 12.1 Å². The van der Waals surface area contributed by atoms with E-state index < -0.39 is 51.0 Å². The number of para-hydroxylation sites is 1. The van der Waals surface area contributed by atoms with E-state index in [1.807, 2.05) is 5.32 Å². The first-order valence-electron chi connectivity index (χ1n) is 12.3. The Balaban J connectivity index is 1.37. The third-order valence-corrected chi connectivity index (χ3v) is 8.79. The zero-order valence-electron chi connectivity index (χ0n) is 22.0. The van der Waals surface area contributed by atoms with Crippen LogP contribution >= 0.6 is 11.3 Å². The van der Waals surface area contributed by atoms with Crippen LogP contribution in [0.15, 0.2) is 77.0 Å². The molecule has 2 amide bonds. The number of phenolic OH excluding ortho intramolecular Hbond substituents is 2. The fourth-order valence-electron chi connectivity index (χ4n) is 3.70. The molecule has 0 spiro atoms. The van der Waals surface area contributed by atoms with Crippen LogP contribution in [0.25, 0.3) is 10.4 Å². The van der Waals surface area contributed by atoms with Gasteiger partial charge in [-0.2, -0.15) is 26.3 Å². The average Bonchev–Trinajstić information content (AvgIpc) is 3.44. The Morgan fingerprint density at radius 2 is 1.48 bits per heavy atom. The van der Waals surface area contributed by atoms with Gasteiger partial charge in [-0.05, 0) is 54.6 Å². The number of halogens is 6. The molecular formula is C27H21F6N3O6S2. The van der Waals surface area contributed by atoms with Gasteiger partial charge in [0.1, 0.15) is 15.7 Å². The Labute approximate surface area is 249 Å². The van der Waals surface area contributed by atoms with E-state index in [0.717, 1.165) is 11.3 Å². The normalized spacial score (nSPS) is 12.1. The molecule has 0 aliphatic rings. The smallest absolute Gasteiger partial charge is 0.416 e. The molecule has 5 N–H and O–H groups in total. The molecule has 1 heterocycles. The molecule has 0 radical (unpaired) electrons. The Morgan fingerprint density at radius 3 is 2.11 bits per heavy atom. The van der Waals surface area contributed by atoms with Crippen LogP contribution in [0.5, 0.6) is 23.0 Å². The summed E-state index contributed by atoms with van der Waals surface area (Å²) in [5, 5.41) is 23.2. The number of urea groups is 1. The van der Waals surface area contributed by atoms with Crippen molar-refractivity contribution in [1.29, 1.82) is 0 Å².